The van der Waals surface area contributed by atoms with Crippen molar-refractivity contribution in [1.82, 2.24) is 5.43 Å². The number of hydrogen-bond acceptors (Lipinski definition) is 2. The molecule has 0 aliphatic heterocycles. The third-order valence-electron chi connectivity index (χ3n) is 2.58. The minimum Gasteiger partial charge on any atom is -0.273 e. The molecule has 0 saturated carbocycles. The summed E-state index contributed by atoms with van der Waals surface area (Å²) in [6.07, 6.45) is 1.51. The highest BCUT2D eigenvalue weighted by atomic mass is 79.9. The molecule has 1 N–H and O–H groups in total. The van der Waals surface area contributed by atoms with Crippen LogP contribution in [0.1, 0.15) is 11.1 Å². The Labute approximate surface area is 124 Å². The van der Waals surface area contributed by atoms with Gasteiger partial charge in [-0.05, 0) is 23.8 Å². The van der Waals surface area contributed by atoms with Gasteiger partial charge in [0.25, 0.3) is 0 Å². The van der Waals surface area contributed by atoms with Crippen LogP contribution in [0.5, 0.6) is 0 Å². The smallest absolute Gasteiger partial charge is 0.244 e. The van der Waals surface area contributed by atoms with Crippen molar-refractivity contribution in [3.63, 3.8) is 0 Å². The van der Waals surface area contributed by atoms with Gasteiger partial charge in [0.1, 0.15) is 5.82 Å². The third kappa shape index (κ3) is 4.28. The van der Waals surface area contributed by atoms with Crippen LogP contribution >= 0.6 is 15.9 Å². The molecule has 0 fully saturated rings. The highest BCUT2D eigenvalue weighted by Crippen LogP contribution is 2.10. The zero-order valence-electron chi connectivity index (χ0n) is 10.5. The van der Waals surface area contributed by atoms with E-state index in [-0.39, 0.29) is 18.1 Å². The van der Waals surface area contributed by atoms with Gasteiger partial charge in [-0.2, -0.15) is 5.10 Å². The van der Waals surface area contributed by atoms with Crippen LogP contribution in [0.4, 0.5) is 4.39 Å². The van der Waals surface area contributed by atoms with Gasteiger partial charge in [0.05, 0.1) is 12.6 Å². The molecule has 0 atom stereocenters. The number of benzene rings is 2. The highest BCUT2D eigenvalue weighted by Gasteiger charge is 2.02. The average Bonchev–Trinajstić information content (AvgIpc) is 2.43. The van der Waals surface area contributed by atoms with Gasteiger partial charge < -0.3 is 0 Å². The summed E-state index contributed by atoms with van der Waals surface area (Å²) in [6, 6.07) is 13.7. The molecule has 102 valence electrons. The number of hydrazone groups is 1. The lowest BCUT2D eigenvalue weighted by Gasteiger charge is -2.01. The molecular weight excluding hydrogens is 323 g/mol. The minimum absolute atomic E-state index is 0.224. The summed E-state index contributed by atoms with van der Waals surface area (Å²) in [5.41, 5.74) is 3.58. The van der Waals surface area contributed by atoms with E-state index in [9.17, 15) is 9.18 Å². The SMILES string of the molecule is O=C(Cc1ccc(Br)cc1)NN=Cc1ccccc1F. The van der Waals surface area contributed by atoms with Gasteiger partial charge >= 0.3 is 0 Å². The number of carbonyl (C=O) groups is 1. The van der Waals surface area contributed by atoms with Crippen molar-refractivity contribution in [1.29, 1.82) is 0 Å². The van der Waals surface area contributed by atoms with E-state index >= 15 is 0 Å². The average molecular weight is 335 g/mol. The predicted octanol–water partition coefficient (Wildman–Crippen LogP) is 3.28. The van der Waals surface area contributed by atoms with E-state index in [1.807, 2.05) is 24.3 Å². The lowest BCUT2D eigenvalue weighted by molar-refractivity contribution is -0.120. The number of nitrogens with one attached hydrogen (secondary N) is 1. The number of hydrogen-bond donors (Lipinski definition) is 1. The Hall–Kier alpha value is -2.01. The van der Waals surface area contributed by atoms with Gasteiger partial charge in [-0.15, -0.1) is 0 Å². The van der Waals surface area contributed by atoms with Crippen molar-refractivity contribution < 1.29 is 9.18 Å². The van der Waals surface area contributed by atoms with Crippen molar-refractivity contribution in [2.45, 2.75) is 6.42 Å². The van der Waals surface area contributed by atoms with E-state index in [2.05, 4.69) is 26.5 Å². The van der Waals surface area contributed by atoms with Gasteiger partial charge in [0, 0.05) is 10.0 Å². The van der Waals surface area contributed by atoms with Crippen molar-refractivity contribution in [3.05, 3.63) is 69.9 Å². The Morgan fingerprint density at radius 3 is 2.60 bits per heavy atom. The van der Waals surface area contributed by atoms with Crippen LogP contribution in [0.15, 0.2) is 58.1 Å². The summed E-state index contributed by atoms with van der Waals surface area (Å²) in [5, 5.41) is 3.74. The molecule has 2 rings (SSSR count). The van der Waals surface area contributed by atoms with E-state index < -0.39 is 0 Å². The maximum absolute atomic E-state index is 13.3. The summed E-state index contributed by atoms with van der Waals surface area (Å²) >= 11 is 3.33. The predicted molar refractivity (Wildman–Crippen MR) is 80.0 cm³/mol. The molecule has 20 heavy (non-hydrogen) atoms. The summed E-state index contributed by atoms with van der Waals surface area (Å²) in [7, 11) is 0. The monoisotopic (exact) mass is 334 g/mol. The number of halogens is 2. The molecule has 0 radical (unpaired) electrons. The molecule has 0 aliphatic rings. The summed E-state index contributed by atoms with van der Waals surface area (Å²) in [5.74, 6) is -0.627. The van der Waals surface area contributed by atoms with E-state index in [0.717, 1.165) is 10.0 Å². The number of carbonyl (C=O) groups excluding carboxylic acids is 1. The summed E-state index contributed by atoms with van der Waals surface area (Å²) in [4.78, 5) is 11.6. The van der Waals surface area contributed by atoms with Gasteiger partial charge in [0.2, 0.25) is 5.91 Å². The van der Waals surface area contributed by atoms with E-state index in [0.29, 0.717) is 5.56 Å². The highest BCUT2D eigenvalue weighted by molar-refractivity contribution is 9.10. The Balaban J connectivity index is 1.89. The molecule has 2 aromatic carbocycles. The Kier molecular flexibility index (Phi) is 5.01. The first kappa shape index (κ1) is 14.4. The van der Waals surface area contributed by atoms with Gasteiger partial charge in [-0.1, -0.05) is 46.3 Å². The van der Waals surface area contributed by atoms with Crippen LogP contribution < -0.4 is 5.43 Å². The summed E-state index contributed by atoms with van der Waals surface area (Å²) in [6.45, 7) is 0. The molecule has 0 unspecified atom stereocenters. The van der Waals surface area contributed by atoms with Crippen LogP contribution in [-0.4, -0.2) is 12.1 Å². The zero-order chi connectivity index (χ0) is 14.4. The first-order chi connectivity index (χ1) is 9.65. The molecule has 0 bridgehead atoms. The molecule has 0 saturated heterocycles. The molecule has 0 aliphatic carbocycles. The Morgan fingerprint density at radius 2 is 1.90 bits per heavy atom. The standard InChI is InChI=1S/C15H12BrFN2O/c16-13-7-5-11(6-8-13)9-15(20)19-18-10-12-3-1-2-4-14(12)17/h1-8,10H,9H2,(H,19,20). The normalized spacial score (nSPS) is 10.7. The fraction of sp³-hybridized carbons (Fsp3) is 0.0667. The van der Waals surface area contributed by atoms with Crippen LogP contribution in [0.25, 0.3) is 0 Å². The second kappa shape index (κ2) is 6.96. The third-order valence-corrected chi connectivity index (χ3v) is 3.10. The molecule has 1 amide bonds. The Bertz CT molecular complexity index is 626. The molecule has 0 heterocycles. The van der Waals surface area contributed by atoms with Crippen LogP contribution in [0.3, 0.4) is 0 Å². The van der Waals surface area contributed by atoms with E-state index in [1.54, 1.807) is 18.2 Å². The van der Waals surface area contributed by atoms with Crippen LogP contribution in [0, 0.1) is 5.82 Å². The topological polar surface area (TPSA) is 41.5 Å². The summed E-state index contributed by atoms with van der Waals surface area (Å²) < 4.78 is 14.2. The Morgan fingerprint density at radius 1 is 1.20 bits per heavy atom. The van der Waals surface area contributed by atoms with Gasteiger partial charge in [0.15, 0.2) is 0 Å². The molecule has 3 nitrogen and oxygen atoms in total. The maximum Gasteiger partial charge on any atom is 0.244 e. The number of amides is 1. The molecule has 2 aromatic rings. The molecule has 0 spiro atoms. The fourth-order valence-electron chi connectivity index (χ4n) is 1.58. The van der Waals surface area contributed by atoms with Crippen molar-refractivity contribution >= 4 is 28.1 Å². The van der Waals surface area contributed by atoms with Gasteiger partial charge in [-0.25, -0.2) is 9.82 Å². The largest absolute Gasteiger partial charge is 0.273 e. The van der Waals surface area contributed by atoms with Crippen LogP contribution in [0.2, 0.25) is 0 Å². The second-order valence-corrected chi connectivity index (χ2v) is 5.03. The lowest BCUT2D eigenvalue weighted by atomic mass is 10.1. The minimum atomic E-state index is -0.376. The van der Waals surface area contributed by atoms with Crippen molar-refractivity contribution in [3.8, 4) is 0 Å². The number of nitrogens with zero attached hydrogens (tertiary/aromatic N) is 1. The maximum atomic E-state index is 13.3. The molecule has 0 aromatic heterocycles. The zero-order valence-corrected chi connectivity index (χ0v) is 12.1. The number of rotatable bonds is 4. The van der Waals surface area contributed by atoms with E-state index in [1.165, 1.54) is 12.3 Å². The van der Waals surface area contributed by atoms with E-state index in [4.69, 9.17) is 0 Å². The first-order valence-electron chi connectivity index (χ1n) is 5.96. The molecule has 5 heteroatoms. The van der Waals surface area contributed by atoms with Gasteiger partial charge in [-0.3, -0.25) is 4.79 Å². The first-order valence-corrected chi connectivity index (χ1v) is 6.75. The lowest BCUT2D eigenvalue weighted by Crippen LogP contribution is -2.19. The fourth-order valence-corrected chi connectivity index (χ4v) is 1.85. The quantitative estimate of drug-likeness (QED) is 0.676. The second-order valence-electron chi connectivity index (χ2n) is 4.12. The van der Waals surface area contributed by atoms with Crippen LogP contribution in [-0.2, 0) is 11.2 Å². The van der Waals surface area contributed by atoms with Crippen molar-refractivity contribution in [2.24, 2.45) is 5.10 Å². The van der Waals surface area contributed by atoms with Crippen molar-refractivity contribution in [2.75, 3.05) is 0 Å². The molecular formula is C15H12BrFN2O.